The van der Waals surface area contributed by atoms with Gasteiger partial charge in [-0.25, -0.2) is 8.42 Å². The topological polar surface area (TPSA) is 77.8 Å². The normalized spacial score (nSPS) is 11.2. The highest BCUT2D eigenvalue weighted by Crippen LogP contribution is 2.33. The van der Waals surface area contributed by atoms with Crippen LogP contribution in [0.3, 0.4) is 0 Å². The van der Waals surface area contributed by atoms with Gasteiger partial charge in [0.15, 0.2) is 11.5 Å². The van der Waals surface area contributed by atoms with Crippen LogP contribution >= 0.6 is 0 Å². The van der Waals surface area contributed by atoms with Gasteiger partial charge in [0.25, 0.3) is 10.0 Å². The van der Waals surface area contributed by atoms with E-state index in [1.165, 1.54) is 0 Å². The molecule has 0 bridgehead atoms. The van der Waals surface area contributed by atoms with Crippen molar-refractivity contribution >= 4 is 15.7 Å². The first-order valence-electron chi connectivity index (χ1n) is 10.4. The second-order valence-corrected chi connectivity index (χ2v) is 9.28. The Kier molecular flexibility index (Phi) is 6.42. The third-order valence-corrected chi connectivity index (χ3v) is 6.64. The van der Waals surface area contributed by atoms with E-state index in [1.54, 1.807) is 50.6 Å². The molecule has 170 valence electrons. The SMILES string of the molecule is COc1ccc(Cc2ccc(-c3ccccc3NS(=O)(=O)c3ccc(C)cc3)o2)cc1OC. The number of methoxy groups -OCH3 is 2. The summed E-state index contributed by atoms with van der Waals surface area (Å²) in [5.41, 5.74) is 3.10. The molecule has 4 aromatic rings. The van der Waals surface area contributed by atoms with Crippen LogP contribution in [-0.2, 0) is 16.4 Å². The molecule has 3 aromatic carbocycles. The average molecular weight is 464 g/mol. The first-order chi connectivity index (χ1) is 15.9. The van der Waals surface area contributed by atoms with Crippen LogP contribution in [0.4, 0.5) is 5.69 Å². The van der Waals surface area contributed by atoms with Gasteiger partial charge in [0.2, 0.25) is 0 Å². The Morgan fingerprint density at radius 1 is 0.848 bits per heavy atom. The van der Waals surface area contributed by atoms with E-state index >= 15 is 0 Å². The lowest BCUT2D eigenvalue weighted by Gasteiger charge is -2.12. The van der Waals surface area contributed by atoms with Crippen molar-refractivity contribution in [3.8, 4) is 22.8 Å². The van der Waals surface area contributed by atoms with Gasteiger partial charge in [-0.05, 0) is 61.0 Å². The molecule has 0 radical (unpaired) electrons. The maximum Gasteiger partial charge on any atom is 0.261 e. The van der Waals surface area contributed by atoms with Gasteiger partial charge in [0.05, 0.1) is 24.8 Å². The number of sulfonamides is 1. The van der Waals surface area contributed by atoms with E-state index in [1.807, 2.05) is 49.4 Å². The molecular formula is C26H25NO5S. The van der Waals surface area contributed by atoms with Crippen molar-refractivity contribution in [1.29, 1.82) is 0 Å². The Bertz CT molecular complexity index is 1360. The minimum atomic E-state index is -3.73. The molecule has 0 saturated carbocycles. The predicted molar refractivity (Wildman–Crippen MR) is 128 cm³/mol. The zero-order valence-corrected chi connectivity index (χ0v) is 19.5. The highest BCUT2D eigenvalue weighted by Gasteiger charge is 2.18. The van der Waals surface area contributed by atoms with E-state index in [-0.39, 0.29) is 4.90 Å². The highest BCUT2D eigenvalue weighted by molar-refractivity contribution is 7.92. The molecule has 0 aliphatic heterocycles. The molecule has 0 spiro atoms. The fourth-order valence-electron chi connectivity index (χ4n) is 3.52. The second kappa shape index (κ2) is 9.42. The van der Waals surface area contributed by atoms with Crippen LogP contribution in [0.2, 0.25) is 0 Å². The van der Waals surface area contributed by atoms with Gasteiger partial charge in [0, 0.05) is 12.0 Å². The number of ether oxygens (including phenoxy) is 2. The number of benzene rings is 3. The number of para-hydroxylation sites is 1. The third-order valence-electron chi connectivity index (χ3n) is 5.26. The quantitative estimate of drug-likeness (QED) is 0.365. The van der Waals surface area contributed by atoms with E-state index in [0.29, 0.717) is 34.9 Å². The number of aryl methyl sites for hydroxylation is 1. The number of rotatable bonds is 8. The zero-order chi connectivity index (χ0) is 23.4. The molecule has 1 heterocycles. The van der Waals surface area contributed by atoms with E-state index in [4.69, 9.17) is 13.9 Å². The lowest BCUT2D eigenvalue weighted by Crippen LogP contribution is -2.13. The fraction of sp³-hybridized carbons (Fsp3) is 0.154. The molecule has 33 heavy (non-hydrogen) atoms. The van der Waals surface area contributed by atoms with Crippen molar-refractivity contribution in [1.82, 2.24) is 0 Å². The Morgan fingerprint density at radius 2 is 1.58 bits per heavy atom. The molecule has 0 aliphatic rings. The predicted octanol–water partition coefficient (Wildman–Crippen LogP) is 5.66. The van der Waals surface area contributed by atoms with Crippen LogP contribution in [-0.4, -0.2) is 22.6 Å². The first kappa shape index (κ1) is 22.5. The Balaban J connectivity index is 1.59. The molecule has 1 N–H and O–H groups in total. The first-order valence-corrected chi connectivity index (χ1v) is 11.9. The van der Waals surface area contributed by atoms with Gasteiger partial charge in [-0.15, -0.1) is 0 Å². The minimum Gasteiger partial charge on any atom is -0.493 e. The second-order valence-electron chi connectivity index (χ2n) is 7.60. The van der Waals surface area contributed by atoms with Crippen molar-refractivity contribution < 1.29 is 22.3 Å². The fourth-order valence-corrected chi connectivity index (χ4v) is 4.60. The maximum atomic E-state index is 12.9. The number of hydrogen-bond donors (Lipinski definition) is 1. The number of furan rings is 1. The minimum absolute atomic E-state index is 0.205. The molecule has 0 fully saturated rings. The molecule has 0 unspecified atom stereocenters. The lowest BCUT2D eigenvalue weighted by atomic mass is 10.1. The molecule has 6 nitrogen and oxygen atoms in total. The van der Waals surface area contributed by atoms with Crippen LogP contribution in [0, 0.1) is 6.92 Å². The van der Waals surface area contributed by atoms with E-state index < -0.39 is 10.0 Å². The molecular weight excluding hydrogens is 438 g/mol. The highest BCUT2D eigenvalue weighted by atomic mass is 32.2. The summed E-state index contributed by atoms with van der Waals surface area (Å²) in [5, 5.41) is 0. The van der Waals surface area contributed by atoms with Crippen molar-refractivity contribution in [2.24, 2.45) is 0 Å². The van der Waals surface area contributed by atoms with Crippen LogP contribution in [0.5, 0.6) is 11.5 Å². The summed E-state index contributed by atoms with van der Waals surface area (Å²) in [5.74, 6) is 2.63. The summed E-state index contributed by atoms with van der Waals surface area (Å²) in [7, 11) is -0.538. The third kappa shape index (κ3) is 5.04. The number of anilines is 1. The summed E-state index contributed by atoms with van der Waals surface area (Å²) < 4.78 is 45.2. The average Bonchev–Trinajstić information content (AvgIpc) is 3.27. The Hall–Kier alpha value is -3.71. The van der Waals surface area contributed by atoms with E-state index in [9.17, 15) is 8.42 Å². The van der Waals surface area contributed by atoms with E-state index in [0.717, 1.165) is 16.9 Å². The van der Waals surface area contributed by atoms with Gasteiger partial charge in [-0.2, -0.15) is 0 Å². The molecule has 1 aromatic heterocycles. The van der Waals surface area contributed by atoms with Gasteiger partial charge >= 0.3 is 0 Å². The van der Waals surface area contributed by atoms with Gasteiger partial charge in [0.1, 0.15) is 11.5 Å². The Labute approximate surface area is 193 Å². The number of hydrogen-bond acceptors (Lipinski definition) is 5. The summed E-state index contributed by atoms with van der Waals surface area (Å²) in [6, 6.07) is 23.3. The van der Waals surface area contributed by atoms with Crippen LogP contribution in [0.15, 0.2) is 88.2 Å². The van der Waals surface area contributed by atoms with Crippen LogP contribution in [0.1, 0.15) is 16.9 Å². The van der Waals surface area contributed by atoms with Crippen LogP contribution < -0.4 is 14.2 Å². The molecule has 0 aliphatic carbocycles. The summed E-state index contributed by atoms with van der Waals surface area (Å²) in [6.07, 6.45) is 0.553. The maximum absolute atomic E-state index is 12.9. The standard InChI is InChI=1S/C26H25NO5S/c1-18-8-12-21(13-9-18)33(28,29)27-23-7-5-4-6-22(23)24-15-11-20(32-24)16-19-10-14-25(30-2)26(17-19)31-3/h4-15,17,27H,16H2,1-3H3. The zero-order valence-electron chi connectivity index (χ0n) is 18.7. The molecule has 0 saturated heterocycles. The number of nitrogens with one attached hydrogen (secondary N) is 1. The lowest BCUT2D eigenvalue weighted by molar-refractivity contribution is 0.354. The monoisotopic (exact) mass is 463 g/mol. The molecule has 0 atom stereocenters. The summed E-state index contributed by atoms with van der Waals surface area (Å²) >= 11 is 0. The van der Waals surface area contributed by atoms with Gasteiger partial charge in [-0.1, -0.05) is 35.9 Å². The smallest absolute Gasteiger partial charge is 0.261 e. The van der Waals surface area contributed by atoms with Crippen molar-refractivity contribution in [2.45, 2.75) is 18.2 Å². The Morgan fingerprint density at radius 3 is 2.30 bits per heavy atom. The molecule has 0 amide bonds. The van der Waals surface area contributed by atoms with Gasteiger partial charge in [-0.3, -0.25) is 4.72 Å². The largest absolute Gasteiger partial charge is 0.493 e. The van der Waals surface area contributed by atoms with Crippen molar-refractivity contribution in [3.05, 3.63) is 95.7 Å². The summed E-state index contributed by atoms with van der Waals surface area (Å²) in [4.78, 5) is 0.205. The summed E-state index contributed by atoms with van der Waals surface area (Å²) in [6.45, 7) is 1.91. The van der Waals surface area contributed by atoms with Crippen LogP contribution in [0.25, 0.3) is 11.3 Å². The van der Waals surface area contributed by atoms with Gasteiger partial charge < -0.3 is 13.9 Å². The molecule has 4 rings (SSSR count). The van der Waals surface area contributed by atoms with Crippen molar-refractivity contribution in [3.63, 3.8) is 0 Å². The van der Waals surface area contributed by atoms with E-state index in [2.05, 4.69) is 4.72 Å². The van der Waals surface area contributed by atoms with Crippen molar-refractivity contribution in [2.75, 3.05) is 18.9 Å². The molecule has 7 heteroatoms.